The molecule has 0 spiro atoms. The Kier molecular flexibility index (Phi) is 4.36. The number of benzene rings is 2. The zero-order valence-electron chi connectivity index (χ0n) is 11.8. The normalized spacial score (nSPS) is 10.5. The third-order valence-corrected chi connectivity index (χ3v) is 4.41. The van der Waals surface area contributed by atoms with Gasteiger partial charge >= 0.3 is 0 Å². The van der Waals surface area contributed by atoms with E-state index in [2.05, 4.69) is 26.2 Å². The Labute approximate surface area is 141 Å². The van der Waals surface area contributed by atoms with E-state index in [0.717, 1.165) is 21.3 Å². The van der Waals surface area contributed by atoms with Crippen molar-refractivity contribution in [2.24, 2.45) is 0 Å². The first-order chi connectivity index (χ1) is 10.6. The number of anilines is 1. The number of hydrogen-bond donors (Lipinski definition) is 1. The van der Waals surface area contributed by atoms with Crippen molar-refractivity contribution in [3.05, 3.63) is 69.5 Å². The van der Waals surface area contributed by atoms with E-state index in [0.29, 0.717) is 10.7 Å². The number of amides is 1. The molecule has 0 saturated heterocycles. The summed E-state index contributed by atoms with van der Waals surface area (Å²) in [4.78, 5) is 16.6. The Hall–Kier alpha value is -1.98. The fourth-order valence-corrected chi connectivity index (χ4v) is 3.10. The molecule has 3 nitrogen and oxygen atoms in total. The van der Waals surface area contributed by atoms with Crippen LogP contribution in [-0.2, 0) is 0 Å². The number of carbonyl (C=O) groups excluding carboxylic acids is 1. The van der Waals surface area contributed by atoms with Crippen LogP contribution >= 0.6 is 27.3 Å². The van der Waals surface area contributed by atoms with Crippen LogP contribution in [0, 0.1) is 6.92 Å². The van der Waals surface area contributed by atoms with Crippen molar-refractivity contribution >= 4 is 38.3 Å². The zero-order chi connectivity index (χ0) is 15.5. The van der Waals surface area contributed by atoms with Gasteiger partial charge in [-0.05, 0) is 31.2 Å². The zero-order valence-corrected chi connectivity index (χ0v) is 14.2. The highest BCUT2D eigenvalue weighted by molar-refractivity contribution is 9.10. The van der Waals surface area contributed by atoms with Crippen LogP contribution in [0.2, 0.25) is 0 Å². The van der Waals surface area contributed by atoms with Crippen molar-refractivity contribution in [1.82, 2.24) is 4.98 Å². The maximum atomic E-state index is 12.2. The lowest BCUT2D eigenvalue weighted by molar-refractivity contribution is 0.102. The smallest absolute Gasteiger partial charge is 0.257 e. The van der Waals surface area contributed by atoms with Crippen molar-refractivity contribution in [2.45, 2.75) is 6.92 Å². The van der Waals surface area contributed by atoms with Crippen LogP contribution in [0.3, 0.4) is 0 Å². The summed E-state index contributed by atoms with van der Waals surface area (Å²) in [6, 6.07) is 15.4. The molecule has 0 aliphatic heterocycles. The number of hydrogen-bond acceptors (Lipinski definition) is 3. The minimum absolute atomic E-state index is 0.143. The van der Waals surface area contributed by atoms with Gasteiger partial charge < -0.3 is 0 Å². The van der Waals surface area contributed by atoms with Crippen LogP contribution in [0.5, 0.6) is 0 Å². The first-order valence-corrected chi connectivity index (χ1v) is 8.38. The maximum absolute atomic E-state index is 12.2. The second-order valence-corrected chi connectivity index (χ2v) is 6.64. The van der Waals surface area contributed by atoms with E-state index in [1.54, 1.807) is 0 Å². The monoisotopic (exact) mass is 372 g/mol. The summed E-state index contributed by atoms with van der Waals surface area (Å²) in [5.74, 6) is -0.143. The summed E-state index contributed by atoms with van der Waals surface area (Å²) in [6.07, 6.45) is 0. The number of nitrogens with one attached hydrogen (secondary N) is 1. The van der Waals surface area contributed by atoms with Crippen LogP contribution in [0.4, 0.5) is 5.13 Å². The van der Waals surface area contributed by atoms with Gasteiger partial charge in [-0.1, -0.05) is 45.8 Å². The predicted octanol–water partition coefficient (Wildman–Crippen LogP) is 5.13. The highest BCUT2D eigenvalue weighted by atomic mass is 79.9. The summed E-state index contributed by atoms with van der Waals surface area (Å²) >= 11 is 4.87. The van der Waals surface area contributed by atoms with Gasteiger partial charge in [-0.2, -0.15) is 0 Å². The lowest BCUT2D eigenvalue weighted by Crippen LogP contribution is -2.11. The highest BCUT2D eigenvalue weighted by Gasteiger charge is 2.10. The Balaban J connectivity index is 1.77. The molecule has 1 amide bonds. The molecule has 110 valence electrons. The first-order valence-electron chi connectivity index (χ1n) is 6.71. The van der Waals surface area contributed by atoms with Gasteiger partial charge in [-0.25, -0.2) is 4.98 Å². The Morgan fingerprint density at radius 3 is 2.68 bits per heavy atom. The predicted molar refractivity (Wildman–Crippen MR) is 94.4 cm³/mol. The standard InChI is InChI=1S/C17H13BrN2OS/c1-11-5-7-12(8-6-11)16(21)20-17-19-15(10-22-17)13-3-2-4-14(18)9-13/h2-10H,1H3,(H,19,20,21). The van der Waals surface area contributed by atoms with E-state index in [-0.39, 0.29) is 5.91 Å². The molecule has 1 aromatic heterocycles. The number of rotatable bonds is 3. The third kappa shape index (κ3) is 3.43. The van der Waals surface area contributed by atoms with Crippen LogP contribution in [-0.4, -0.2) is 10.9 Å². The van der Waals surface area contributed by atoms with Crippen molar-refractivity contribution in [3.8, 4) is 11.3 Å². The summed E-state index contributed by atoms with van der Waals surface area (Å²) in [6.45, 7) is 1.99. The van der Waals surface area contributed by atoms with E-state index in [1.165, 1.54) is 11.3 Å². The fraction of sp³-hybridized carbons (Fsp3) is 0.0588. The first kappa shape index (κ1) is 14.9. The number of nitrogens with zero attached hydrogens (tertiary/aromatic N) is 1. The molecule has 0 aliphatic carbocycles. The summed E-state index contributed by atoms with van der Waals surface area (Å²) in [7, 11) is 0. The average molecular weight is 373 g/mol. The molecule has 1 heterocycles. The van der Waals surface area contributed by atoms with Crippen LogP contribution in [0.15, 0.2) is 58.4 Å². The number of carbonyl (C=O) groups is 1. The molecule has 22 heavy (non-hydrogen) atoms. The molecule has 0 fully saturated rings. The number of aromatic nitrogens is 1. The van der Waals surface area contributed by atoms with E-state index in [1.807, 2.05) is 60.8 Å². The Morgan fingerprint density at radius 1 is 1.18 bits per heavy atom. The highest BCUT2D eigenvalue weighted by Crippen LogP contribution is 2.27. The minimum Gasteiger partial charge on any atom is -0.298 e. The van der Waals surface area contributed by atoms with E-state index < -0.39 is 0 Å². The largest absolute Gasteiger partial charge is 0.298 e. The molecule has 1 N–H and O–H groups in total. The number of thiazole rings is 1. The molecular formula is C17H13BrN2OS. The van der Waals surface area contributed by atoms with E-state index in [4.69, 9.17) is 0 Å². The van der Waals surface area contributed by atoms with Gasteiger partial charge in [0.15, 0.2) is 5.13 Å². The topological polar surface area (TPSA) is 42.0 Å². The van der Waals surface area contributed by atoms with E-state index >= 15 is 0 Å². The minimum atomic E-state index is -0.143. The maximum Gasteiger partial charge on any atom is 0.257 e. The number of halogens is 1. The third-order valence-electron chi connectivity index (χ3n) is 3.16. The summed E-state index contributed by atoms with van der Waals surface area (Å²) < 4.78 is 1.00. The quantitative estimate of drug-likeness (QED) is 0.691. The molecule has 0 radical (unpaired) electrons. The van der Waals surface area contributed by atoms with Gasteiger partial charge in [0.1, 0.15) is 0 Å². The molecule has 3 aromatic rings. The van der Waals surface area contributed by atoms with Gasteiger partial charge in [0.05, 0.1) is 5.69 Å². The molecule has 0 aliphatic rings. The van der Waals surface area contributed by atoms with Gasteiger partial charge in [0, 0.05) is 21.0 Å². The fourth-order valence-electron chi connectivity index (χ4n) is 1.99. The van der Waals surface area contributed by atoms with Gasteiger partial charge in [-0.15, -0.1) is 11.3 Å². The van der Waals surface area contributed by atoms with Crippen LogP contribution in [0.1, 0.15) is 15.9 Å². The van der Waals surface area contributed by atoms with Crippen LogP contribution in [0.25, 0.3) is 11.3 Å². The Morgan fingerprint density at radius 2 is 1.95 bits per heavy atom. The second-order valence-electron chi connectivity index (χ2n) is 4.87. The Bertz CT molecular complexity index is 812. The van der Waals surface area contributed by atoms with Crippen LogP contribution < -0.4 is 5.32 Å². The molecule has 0 bridgehead atoms. The van der Waals surface area contributed by atoms with Crippen molar-refractivity contribution < 1.29 is 4.79 Å². The van der Waals surface area contributed by atoms with Crippen molar-refractivity contribution in [3.63, 3.8) is 0 Å². The molecular weight excluding hydrogens is 360 g/mol. The molecule has 0 atom stereocenters. The second kappa shape index (κ2) is 6.42. The lowest BCUT2D eigenvalue weighted by Gasteiger charge is -2.02. The SMILES string of the molecule is Cc1ccc(C(=O)Nc2nc(-c3cccc(Br)c3)cs2)cc1. The molecule has 0 saturated carbocycles. The van der Waals surface area contributed by atoms with Crippen molar-refractivity contribution in [1.29, 1.82) is 0 Å². The van der Waals surface area contributed by atoms with Crippen molar-refractivity contribution in [2.75, 3.05) is 5.32 Å². The summed E-state index contributed by atoms with van der Waals surface area (Å²) in [5, 5.41) is 5.37. The molecule has 5 heteroatoms. The average Bonchev–Trinajstić information content (AvgIpc) is 2.96. The molecule has 0 unspecified atom stereocenters. The number of aryl methyl sites for hydroxylation is 1. The van der Waals surface area contributed by atoms with Gasteiger partial charge in [0.25, 0.3) is 5.91 Å². The van der Waals surface area contributed by atoms with E-state index in [9.17, 15) is 4.79 Å². The van der Waals surface area contributed by atoms with Gasteiger partial charge in [-0.3, -0.25) is 10.1 Å². The lowest BCUT2D eigenvalue weighted by atomic mass is 10.1. The summed E-state index contributed by atoms with van der Waals surface area (Å²) in [5.41, 5.74) is 3.62. The molecule has 3 rings (SSSR count). The molecule has 2 aromatic carbocycles. The van der Waals surface area contributed by atoms with Gasteiger partial charge in [0.2, 0.25) is 0 Å².